The van der Waals surface area contributed by atoms with Crippen LogP contribution in [-0.2, 0) is 11.3 Å². The molecule has 2 aromatic heterocycles. The number of fused-ring (bicyclic) bond motifs is 1. The number of aromatic nitrogens is 2. The second-order valence-electron chi connectivity index (χ2n) is 5.14. The van der Waals surface area contributed by atoms with Crippen LogP contribution in [0, 0.1) is 0 Å². The molecule has 3 heterocycles. The Bertz CT molecular complexity index is 513. The molecule has 5 nitrogen and oxygen atoms in total. The normalized spacial score (nSPS) is 18.8. The first kappa shape index (κ1) is 12.6. The highest BCUT2D eigenvalue weighted by atomic mass is 16.5. The quantitative estimate of drug-likeness (QED) is 0.861. The van der Waals surface area contributed by atoms with Gasteiger partial charge in [-0.05, 0) is 12.1 Å². The Hall–Kier alpha value is -1.43. The first-order valence-corrected chi connectivity index (χ1v) is 6.69. The number of aliphatic hydroxyl groups is 1. The van der Waals surface area contributed by atoms with Gasteiger partial charge in [-0.15, -0.1) is 0 Å². The van der Waals surface area contributed by atoms with Gasteiger partial charge in [-0.1, -0.05) is 6.07 Å². The van der Waals surface area contributed by atoms with Crippen LogP contribution in [0.5, 0.6) is 0 Å². The summed E-state index contributed by atoms with van der Waals surface area (Å²) in [5.41, 5.74) is 1.31. The van der Waals surface area contributed by atoms with E-state index < -0.39 is 5.60 Å². The third-order valence-corrected chi connectivity index (χ3v) is 3.60. The Morgan fingerprint density at radius 2 is 2.21 bits per heavy atom. The molecule has 0 radical (unpaired) electrons. The van der Waals surface area contributed by atoms with Crippen LogP contribution in [0.4, 0.5) is 0 Å². The lowest BCUT2D eigenvalue weighted by Gasteiger charge is -2.32. The topological polar surface area (TPSA) is 58.8 Å². The summed E-state index contributed by atoms with van der Waals surface area (Å²) in [5, 5.41) is 13.6. The van der Waals surface area contributed by atoms with Crippen molar-refractivity contribution in [1.29, 1.82) is 0 Å². The minimum atomic E-state index is -0.628. The Labute approximate surface area is 112 Å². The van der Waals surface area contributed by atoms with Crippen LogP contribution in [0.25, 0.3) is 5.65 Å². The number of ether oxygens (including phenoxy) is 1. The van der Waals surface area contributed by atoms with Crippen LogP contribution in [-0.4, -0.2) is 39.9 Å². The predicted molar refractivity (Wildman–Crippen MR) is 71.9 cm³/mol. The van der Waals surface area contributed by atoms with E-state index in [9.17, 15) is 5.11 Å². The van der Waals surface area contributed by atoms with Gasteiger partial charge in [-0.2, -0.15) is 0 Å². The average Bonchev–Trinajstić information content (AvgIpc) is 2.82. The van der Waals surface area contributed by atoms with Gasteiger partial charge in [0.15, 0.2) is 0 Å². The van der Waals surface area contributed by atoms with Crippen molar-refractivity contribution in [3.63, 3.8) is 0 Å². The number of nitrogens with zero attached hydrogens (tertiary/aromatic N) is 2. The van der Waals surface area contributed by atoms with E-state index in [2.05, 4.69) is 10.3 Å². The molecule has 5 heteroatoms. The summed E-state index contributed by atoms with van der Waals surface area (Å²) in [6, 6.07) is 5.94. The molecule has 1 fully saturated rings. The maximum absolute atomic E-state index is 10.3. The monoisotopic (exact) mass is 261 g/mol. The molecule has 3 rings (SSSR count). The van der Waals surface area contributed by atoms with Crippen molar-refractivity contribution in [1.82, 2.24) is 14.7 Å². The fraction of sp³-hybridized carbons (Fsp3) is 0.500. The molecule has 2 N–H and O–H groups in total. The summed E-state index contributed by atoms with van der Waals surface area (Å²) in [6.07, 6.45) is 5.39. The van der Waals surface area contributed by atoms with E-state index in [0.717, 1.165) is 11.3 Å². The molecule has 1 aliphatic heterocycles. The lowest BCUT2D eigenvalue weighted by molar-refractivity contribution is -0.0617. The zero-order chi connectivity index (χ0) is 13.1. The largest absolute Gasteiger partial charge is 0.388 e. The Kier molecular flexibility index (Phi) is 3.50. The second-order valence-corrected chi connectivity index (χ2v) is 5.14. The molecular formula is C14H19N3O2. The van der Waals surface area contributed by atoms with Crippen LogP contribution in [0.2, 0.25) is 0 Å². The predicted octanol–water partition coefficient (Wildman–Crippen LogP) is 0.965. The highest BCUT2D eigenvalue weighted by molar-refractivity contribution is 5.39. The van der Waals surface area contributed by atoms with Gasteiger partial charge in [0.1, 0.15) is 5.65 Å². The third kappa shape index (κ3) is 2.94. The molecule has 102 valence electrons. The maximum Gasteiger partial charge on any atom is 0.137 e. The van der Waals surface area contributed by atoms with Crippen molar-refractivity contribution in [3.05, 3.63) is 36.3 Å². The number of rotatable bonds is 4. The van der Waals surface area contributed by atoms with Crippen molar-refractivity contribution in [3.8, 4) is 0 Å². The lowest BCUT2D eigenvalue weighted by Crippen LogP contribution is -2.44. The molecule has 0 amide bonds. The lowest BCUT2D eigenvalue weighted by atomic mass is 9.94. The van der Waals surface area contributed by atoms with Crippen molar-refractivity contribution >= 4 is 5.65 Å². The Morgan fingerprint density at radius 1 is 1.37 bits per heavy atom. The third-order valence-electron chi connectivity index (χ3n) is 3.60. The van der Waals surface area contributed by atoms with E-state index in [-0.39, 0.29) is 0 Å². The SMILES string of the molecule is OC1(CNCc2cn3ccccc3n2)CCOCC1. The number of hydrogen-bond donors (Lipinski definition) is 2. The molecule has 0 aliphatic carbocycles. The van der Waals surface area contributed by atoms with E-state index in [0.29, 0.717) is 39.1 Å². The van der Waals surface area contributed by atoms with Crippen molar-refractivity contribution in [2.45, 2.75) is 25.0 Å². The van der Waals surface area contributed by atoms with Gasteiger partial charge in [0.05, 0.1) is 11.3 Å². The summed E-state index contributed by atoms with van der Waals surface area (Å²) in [5.74, 6) is 0. The zero-order valence-corrected chi connectivity index (χ0v) is 10.9. The summed E-state index contributed by atoms with van der Waals surface area (Å²) < 4.78 is 7.27. The summed E-state index contributed by atoms with van der Waals surface area (Å²) in [6.45, 7) is 2.55. The zero-order valence-electron chi connectivity index (χ0n) is 10.9. The average molecular weight is 261 g/mol. The van der Waals surface area contributed by atoms with Gasteiger partial charge in [-0.3, -0.25) is 0 Å². The number of imidazole rings is 1. The number of nitrogens with one attached hydrogen (secondary N) is 1. The van der Waals surface area contributed by atoms with Crippen molar-refractivity contribution in [2.75, 3.05) is 19.8 Å². The van der Waals surface area contributed by atoms with Crippen LogP contribution >= 0.6 is 0 Å². The van der Waals surface area contributed by atoms with Crippen LogP contribution in [0.3, 0.4) is 0 Å². The highest BCUT2D eigenvalue weighted by Gasteiger charge is 2.29. The van der Waals surface area contributed by atoms with Crippen molar-refractivity contribution < 1.29 is 9.84 Å². The standard InChI is InChI=1S/C14H19N3O2/c18-14(4-7-19-8-5-14)11-15-9-12-10-17-6-2-1-3-13(17)16-12/h1-3,6,10,15,18H,4-5,7-9,11H2. The van der Waals surface area contributed by atoms with E-state index in [4.69, 9.17) is 4.74 Å². The van der Waals surface area contributed by atoms with E-state index in [1.165, 1.54) is 0 Å². The second kappa shape index (κ2) is 5.28. The van der Waals surface area contributed by atoms with E-state index in [1.54, 1.807) is 0 Å². The summed E-state index contributed by atoms with van der Waals surface area (Å²) in [4.78, 5) is 4.51. The molecule has 0 bridgehead atoms. The fourth-order valence-electron chi connectivity index (χ4n) is 2.42. The van der Waals surface area contributed by atoms with Gasteiger partial charge in [0.25, 0.3) is 0 Å². The molecule has 1 saturated heterocycles. The van der Waals surface area contributed by atoms with Gasteiger partial charge in [0, 0.05) is 51.5 Å². The smallest absolute Gasteiger partial charge is 0.137 e. The molecule has 0 saturated carbocycles. The molecule has 2 aromatic rings. The van der Waals surface area contributed by atoms with Crippen molar-refractivity contribution in [2.24, 2.45) is 0 Å². The van der Waals surface area contributed by atoms with Gasteiger partial charge < -0.3 is 19.6 Å². The minimum absolute atomic E-state index is 0.588. The van der Waals surface area contributed by atoms with Crippen LogP contribution < -0.4 is 5.32 Å². The maximum atomic E-state index is 10.3. The van der Waals surface area contributed by atoms with E-state index in [1.807, 2.05) is 35.0 Å². The molecule has 0 unspecified atom stereocenters. The van der Waals surface area contributed by atoms with Gasteiger partial charge in [-0.25, -0.2) is 4.98 Å². The number of pyridine rings is 1. The number of hydrogen-bond acceptors (Lipinski definition) is 4. The molecule has 0 atom stereocenters. The molecule has 1 aliphatic rings. The van der Waals surface area contributed by atoms with Crippen LogP contribution in [0.1, 0.15) is 18.5 Å². The highest BCUT2D eigenvalue weighted by Crippen LogP contribution is 2.19. The molecule has 19 heavy (non-hydrogen) atoms. The first-order chi connectivity index (χ1) is 9.25. The fourth-order valence-corrected chi connectivity index (χ4v) is 2.42. The first-order valence-electron chi connectivity index (χ1n) is 6.69. The van der Waals surface area contributed by atoms with E-state index >= 15 is 0 Å². The van der Waals surface area contributed by atoms with Gasteiger partial charge in [0.2, 0.25) is 0 Å². The summed E-state index contributed by atoms with van der Waals surface area (Å²) >= 11 is 0. The molecule has 0 spiro atoms. The minimum Gasteiger partial charge on any atom is -0.388 e. The molecular weight excluding hydrogens is 242 g/mol. The van der Waals surface area contributed by atoms with Gasteiger partial charge >= 0.3 is 0 Å². The Balaban J connectivity index is 1.57. The van der Waals surface area contributed by atoms with Crippen LogP contribution in [0.15, 0.2) is 30.6 Å². The summed E-state index contributed by atoms with van der Waals surface area (Å²) in [7, 11) is 0. The molecule has 0 aromatic carbocycles. The Morgan fingerprint density at radius 3 is 3.00 bits per heavy atom.